The highest BCUT2D eigenvalue weighted by Gasteiger charge is 2.30. The van der Waals surface area contributed by atoms with Crippen LogP contribution in [0.15, 0.2) is 42.5 Å². The Morgan fingerprint density at radius 3 is 2.72 bits per heavy atom. The summed E-state index contributed by atoms with van der Waals surface area (Å²) in [6.07, 6.45) is 0. The highest BCUT2D eigenvalue weighted by Crippen LogP contribution is 2.26. The molecule has 1 unspecified atom stereocenters. The van der Waals surface area contributed by atoms with Crippen LogP contribution in [0.25, 0.3) is 0 Å². The number of piperazine rings is 1. The topological polar surface area (TPSA) is 41.6 Å². The van der Waals surface area contributed by atoms with Crippen LogP contribution in [0.1, 0.15) is 22.0 Å². The van der Waals surface area contributed by atoms with Gasteiger partial charge in [0.05, 0.1) is 18.7 Å². The first-order valence-corrected chi connectivity index (χ1v) is 7.71. The van der Waals surface area contributed by atoms with Crippen LogP contribution in [-0.4, -0.2) is 37.6 Å². The van der Waals surface area contributed by atoms with Crippen molar-refractivity contribution in [2.24, 2.45) is 0 Å². The molecule has 1 atom stereocenters. The molecular weight excluding hydrogens is 350 g/mol. The first-order valence-electron chi connectivity index (χ1n) is 7.71. The van der Waals surface area contributed by atoms with Gasteiger partial charge in [0.15, 0.2) is 0 Å². The summed E-state index contributed by atoms with van der Waals surface area (Å²) in [6.45, 7) is 1.52. The van der Waals surface area contributed by atoms with Crippen molar-refractivity contribution in [1.82, 2.24) is 10.2 Å². The molecule has 1 aliphatic rings. The van der Waals surface area contributed by atoms with E-state index >= 15 is 0 Å². The Hall–Kier alpha value is -2.18. The lowest BCUT2D eigenvalue weighted by Crippen LogP contribution is -2.48. The molecule has 1 N–H and O–H groups in total. The van der Waals surface area contributed by atoms with Crippen LogP contribution < -0.4 is 10.1 Å². The standard InChI is InChI=1S/C18H18F2N2O2.ClH/c1-24-14-5-6-15(16(20)10-14)18(23)22-8-7-21-11-17(22)12-3-2-4-13(19)9-12;/h2-6,9-10,17,21H,7-8,11H2,1H3;1H. The zero-order chi connectivity index (χ0) is 17.1. The quantitative estimate of drug-likeness (QED) is 0.904. The predicted molar refractivity (Wildman–Crippen MR) is 93.2 cm³/mol. The van der Waals surface area contributed by atoms with E-state index in [0.717, 1.165) is 0 Å². The zero-order valence-electron chi connectivity index (χ0n) is 13.7. The summed E-state index contributed by atoms with van der Waals surface area (Å²) < 4.78 is 32.7. The fraction of sp³-hybridized carbons (Fsp3) is 0.278. The van der Waals surface area contributed by atoms with Gasteiger partial charge in [-0.05, 0) is 29.8 Å². The average Bonchev–Trinajstić information content (AvgIpc) is 2.61. The van der Waals surface area contributed by atoms with Crippen molar-refractivity contribution in [3.63, 3.8) is 0 Å². The van der Waals surface area contributed by atoms with Gasteiger partial charge in [-0.25, -0.2) is 8.78 Å². The summed E-state index contributed by atoms with van der Waals surface area (Å²) in [5.41, 5.74) is 0.670. The number of ether oxygens (including phenoxy) is 1. The Bertz CT molecular complexity index is 758. The molecule has 134 valence electrons. The zero-order valence-corrected chi connectivity index (χ0v) is 14.5. The van der Waals surface area contributed by atoms with Crippen LogP contribution in [0, 0.1) is 11.6 Å². The van der Waals surface area contributed by atoms with E-state index in [9.17, 15) is 13.6 Å². The highest BCUT2D eigenvalue weighted by atomic mass is 35.5. The largest absolute Gasteiger partial charge is 0.497 e. The van der Waals surface area contributed by atoms with Crippen LogP contribution in [0.5, 0.6) is 5.75 Å². The second-order valence-electron chi connectivity index (χ2n) is 5.62. The van der Waals surface area contributed by atoms with Crippen LogP contribution >= 0.6 is 12.4 Å². The number of hydrogen-bond acceptors (Lipinski definition) is 3. The van der Waals surface area contributed by atoms with Gasteiger partial charge in [-0.2, -0.15) is 0 Å². The Balaban J connectivity index is 0.00000225. The maximum Gasteiger partial charge on any atom is 0.257 e. The van der Waals surface area contributed by atoms with Gasteiger partial charge in [-0.3, -0.25) is 4.79 Å². The number of hydrogen-bond donors (Lipinski definition) is 1. The molecule has 7 heteroatoms. The molecule has 3 rings (SSSR count). The molecule has 0 saturated carbocycles. The molecule has 1 aliphatic heterocycles. The molecule has 1 amide bonds. The van der Waals surface area contributed by atoms with E-state index in [1.807, 2.05) is 0 Å². The Labute approximate surface area is 151 Å². The van der Waals surface area contributed by atoms with E-state index in [4.69, 9.17) is 4.74 Å². The molecule has 0 aromatic heterocycles. The molecule has 0 radical (unpaired) electrons. The van der Waals surface area contributed by atoms with Gasteiger partial charge in [-0.15, -0.1) is 12.4 Å². The Kier molecular flexibility index (Phi) is 6.33. The van der Waals surface area contributed by atoms with Crippen LogP contribution in [0.4, 0.5) is 8.78 Å². The summed E-state index contributed by atoms with van der Waals surface area (Å²) in [6, 6.07) is 9.95. The normalized spacial score (nSPS) is 16.9. The molecule has 4 nitrogen and oxygen atoms in total. The van der Waals surface area contributed by atoms with Gasteiger partial charge < -0.3 is 15.0 Å². The number of nitrogens with one attached hydrogen (secondary N) is 1. The lowest BCUT2D eigenvalue weighted by Gasteiger charge is -2.36. The molecule has 25 heavy (non-hydrogen) atoms. The van der Waals surface area contributed by atoms with Crippen molar-refractivity contribution in [3.8, 4) is 5.75 Å². The lowest BCUT2D eigenvalue weighted by atomic mass is 10.0. The van der Waals surface area contributed by atoms with E-state index in [1.165, 1.54) is 31.4 Å². The van der Waals surface area contributed by atoms with Crippen molar-refractivity contribution >= 4 is 18.3 Å². The number of methoxy groups -OCH3 is 1. The van der Waals surface area contributed by atoms with Crippen molar-refractivity contribution < 1.29 is 18.3 Å². The van der Waals surface area contributed by atoms with E-state index < -0.39 is 11.7 Å². The third-order valence-electron chi connectivity index (χ3n) is 4.14. The second-order valence-corrected chi connectivity index (χ2v) is 5.62. The number of nitrogens with zero attached hydrogens (tertiary/aromatic N) is 1. The molecule has 0 bridgehead atoms. The molecule has 1 fully saturated rings. The molecule has 2 aromatic carbocycles. The number of rotatable bonds is 3. The van der Waals surface area contributed by atoms with Gasteiger partial charge in [0.2, 0.25) is 0 Å². The number of carbonyl (C=O) groups excluding carboxylic acids is 1. The highest BCUT2D eigenvalue weighted by molar-refractivity contribution is 5.95. The van der Waals surface area contributed by atoms with Gasteiger partial charge in [0, 0.05) is 25.7 Å². The molecule has 0 spiro atoms. The Morgan fingerprint density at radius 2 is 2.04 bits per heavy atom. The Morgan fingerprint density at radius 1 is 1.24 bits per heavy atom. The first-order chi connectivity index (χ1) is 11.6. The van der Waals surface area contributed by atoms with E-state index in [0.29, 0.717) is 30.9 Å². The molecule has 1 heterocycles. The summed E-state index contributed by atoms with van der Waals surface area (Å²) in [7, 11) is 1.44. The third kappa shape index (κ3) is 4.08. The fourth-order valence-electron chi connectivity index (χ4n) is 2.91. The average molecular weight is 369 g/mol. The van der Waals surface area contributed by atoms with Crippen LogP contribution in [0.2, 0.25) is 0 Å². The molecule has 2 aromatic rings. The van der Waals surface area contributed by atoms with Gasteiger partial charge >= 0.3 is 0 Å². The van der Waals surface area contributed by atoms with Gasteiger partial charge in [-0.1, -0.05) is 12.1 Å². The minimum Gasteiger partial charge on any atom is -0.497 e. The summed E-state index contributed by atoms with van der Waals surface area (Å²) in [5, 5.41) is 3.19. The van der Waals surface area contributed by atoms with Crippen molar-refractivity contribution in [2.45, 2.75) is 6.04 Å². The van der Waals surface area contributed by atoms with Crippen LogP contribution in [-0.2, 0) is 0 Å². The van der Waals surface area contributed by atoms with Crippen LogP contribution in [0.3, 0.4) is 0 Å². The number of carbonyl (C=O) groups is 1. The number of amides is 1. The van der Waals surface area contributed by atoms with Gasteiger partial charge in [0.25, 0.3) is 5.91 Å². The minimum absolute atomic E-state index is 0. The number of benzene rings is 2. The molecular formula is C18H19ClF2N2O2. The van der Waals surface area contributed by atoms with Crippen molar-refractivity contribution in [2.75, 3.05) is 26.7 Å². The minimum atomic E-state index is -0.629. The first kappa shape index (κ1) is 19.1. The summed E-state index contributed by atoms with van der Waals surface area (Å²) >= 11 is 0. The summed E-state index contributed by atoms with van der Waals surface area (Å²) in [5.74, 6) is -1.05. The lowest BCUT2D eigenvalue weighted by molar-refractivity contribution is 0.0629. The monoisotopic (exact) mass is 368 g/mol. The summed E-state index contributed by atoms with van der Waals surface area (Å²) in [4.78, 5) is 14.4. The SMILES string of the molecule is COc1ccc(C(=O)N2CCNCC2c2cccc(F)c2)c(F)c1.Cl. The number of halogens is 3. The maximum absolute atomic E-state index is 14.2. The maximum atomic E-state index is 14.2. The second kappa shape index (κ2) is 8.27. The van der Waals surface area contributed by atoms with E-state index in [2.05, 4.69) is 5.32 Å². The fourth-order valence-corrected chi connectivity index (χ4v) is 2.91. The van der Waals surface area contributed by atoms with E-state index in [1.54, 1.807) is 23.1 Å². The van der Waals surface area contributed by atoms with Crippen molar-refractivity contribution in [1.29, 1.82) is 0 Å². The third-order valence-corrected chi connectivity index (χ3v) is 4.14. The van der Waals surface area contributed by atoms with E-state index in [-0.39, 0.29) is 29.8 Å². The van der Waals surface area contributed by atoms with Crippen molar-refractivity contribution in [3.05, 3.63) is 65.2 Å². The smallest absolute Gasteiger partial charge is 0.257 e. The predicted octanol–water partition coefficient (Wildman–Crippen LogP) is 3.18. The van der Waals surface area contributed by atoms with Gasteiger partial charge in [0.1, 0.15) is 17.4 Å². The molecule has 1 saturated heterocycles. The molecule has 0 aliphatic carbocycles.